The van der Waals surface area contributed by atoms with Crippen molar-refractivity contribution in [3.63, 3.8) is 0 Å². The Hall–Kier alpha value is -3.49. The first kappa shape index (κ1) is 23.7. The van der Waals surface area contributed by atoms with Gasteiger partial charge in [0, 0.05) is 29.7 Å². The second-order valence-electron chi connectivity index (χ2n) is 6.98. The molecule has 0 radical (unpaired) electrons. The molecule has 0 N–H and O–H groups in total. The molecule has 1 atom stereocenters. The lowest BCUT2D eigenvalue weighted by Crippen LogP contribution is -2.26. The number of halogens is 6. The number of rotatable bonds is 5. The highest BCUT2D eigenvalue weighted by Gasteiger charge is 2.37. The molecule has 0 aliphatic carbocycles. The number of alkyl halides is 6. The summed E-state index contributed by atoms with van der Waals surface area (Å²) in [5.74, 6) is 0.527. The topological polar surface area (TPSA) is 85.5 Å². The summed E-state index contributed by atoms with van der Waals surface area (Å²) in [5.41, 5.74) is -6.59. The highest BCUT2D eigenvalue weighted by Crippen LogP contribution is 2.43. The van der Waals surface area contributed by atoms with Crippen LogP contribution in [-0.2, 0) is 6.18 Å². The third kappa shape index (κ3) is 4.73. The third-order valence-corrected chi connectivity index (χ3v) is 5.54. The van der Waals surface area contributed by atoms with Crippen molar-refractivity contribution in [2.75, 3.05) is 11.9 Å². The van der Waals surface area contributed by atoms with Crippen LogP contribution in [0.25, 0.3) is 16.9 Å². The highest BCUT2D eigenvalue weighted by atomic mass is 32.2. The van der Waals surface area contributed by atoms with E-state index in [4.69, 9.17) is 0 Å². The van der Waals surface area contributed by atoms with Crippen molar-refractivity contribution < 1.29 is 26.3 Å². The molecule has 0 fully saturated rings. The van der Waals surface area contributed by atoms with E-state index in [0.717, 1.165) is 12.4 Å². The van der Waals surface area contributed by atoms with Gasteiger partial charge in [0.05, 0.1) is 17.1 Å². The Morgan fingerprint density at radius 2 is 1.65 bits per heavy atom. The van der Waals surface area contributed by atoms with Gasteiger partial charge < -0.3 is 4.90 Å². The lowest BCUT2D eigenvalue weighted by molar-refractivity contribution is -0.136. The quantitative estimate of drug-likeness (QED) is 0.285. The average molecular weight is 500 g/mol. The molecule has 0 saturated carbocycles. The molecule has 0 aliphatic rings. The van der Waals surface area contributed by atoms with Crippen LogP contribution in [0.15, 0.2) is 48.1 Å². The normalized spacial score (nSPS) is 13.3. The second-order valence-corrected chi connectivity index (χ2v) is 8.11. The Labute approximate surface area is 192 Å². The summed E-state index contributed by atoms with van der Waals surface area (Å²) >= 11 is -0.645. The first-order valence-electron chi connectivity index (χ1n) is 9.47. The zero-order chi connectivity index (χ0) is 24.7. The van der Waals surface area contributed by atoms with Gasteiger partial charge in [-0.05, 0) is 36.9 Å². The molecule has 0 saturated heterocycles. The maximum absolute atomic E-state index is 13.7. The SMILES string of the molecule is C[C@@H](c1ncnn1-c1ncccn1)N(C)c1ncnc2c(C(F)(F)F)cc(SC(F)(F)F)cc12. The van der Waals surface area contributed by atoms with E-state index >= 15 is 0 Å². The first-order chi connectivity index (χ1) is 16.0. The van der Waals surface area contributed by atoms with Gasteiger partial charge in [-0.15, -0.1) is 0 Å². The lowest BCUT2D eigenvalue weighted by atomic mass is 10.1. The summed E-state index contributed by atoms with van der Waals surface area (Å²) in [6.07, 6.45) is 0.254. The van der Waals surface area contributed by atoms with E-state index in [-0.39, 0.29) is 17.2 Å². The number of hydrogen-bond donors (Lipinski definition) is 0. The molecular formula is C19H14F6N8S. The minimum Gasteiger partial charge on any atom is -0.349 e. The molecule has 0 amide bonds. The highest BCUT2D eigenvalue weighted by molar-refractivity contribution is 8.00. The summed E-state index contributed by atoms with van der Waals surface area (Å²) in [4.78, 5) is 21.0. The largest absolute Gasteiger partial charge is 0.446 e. The molecule has 4 rings (SSSR count). The van der Waals surface area contributed by atoms with Crippen LogP contribution in [0.2, 0.25) is 0 Å². The van der Waals surface area contributed by atoms with Gasteiger partial charge in [-0.25, -0.2) is 24.9 Å². The number of thioether (sulfide) groups is 1. The van der Waals surface area contributed by atoms with Gasteiger partial charge in [0.15, 0.2) is 5.82 Å². The minimum atomic E-state index is -4.93. The van der Waals surface area contributed by atoms with Crippen molar-refractivity contribution in [3.8, 4) is 5.95 Å². The molecule has 8 nitrogen and oxygen atoms in total. The number of aromatic nitrogens is 7. The average Bonchev–Trinajstić information content (AvgIpc) is 3.26. The molecule has 1 aromatic carbocycles. The predicted molar refractivity (Wildman–Crippen MR) is 110 cm³/mol. The summed E-state index contributed by atoms with van der Waals surface area (Å²) in [5, 5.41) is 3.90. The van der Waals surface area contributed by atoms with Gasteiger partial charge in [-0.1, -0.05) is 0 Å². The Bertz CT molecular complexity index is 1310. The molecule has 0 aliphatic heterocycles. The van der Waals surface area contributed by atoms with E-state index in [1.807, 2.05) is 0 Å². The number of anilines is 1. The fraction of sp³-hybridized carbons (Fsp3) is 0.263. The van der Waals surface area contributed by atoms with Crippen molar-refractivity contribution in [3.05, 3.63) is 54.6 Å². The molecule has 34 heavy (non-hydrogen) atoms. The molecule has 3 heterocycles. The Morgan fingerprint density at radius 3 is 2.29 bits per heavy atom. The molecule has 0 spiro atoms. The van der Waals surface area contributed by atoms with E-state index in [1.165, 1.54) is 35.4 Å². The Morgan fingerprint density at radius 1 is 0.941 bits per heavy atom. The molecule has 178 valence electrons. The van der Waals surface area contributed by atoms with Crippen LogP contribution in [0.1, 0.15) is 24.4 Å². The molecule has 0 unspecified atom stereocenters. The number of fused-ring (bicyclic) bond motifs is 1. The Kier molecular flexibility index (Phi) is 6.05. The van der Waals surface area contributed by atoms with Crippen LogP contribution in [0.4, 0.5) is 32.2 Å². The van der Waals surface area contributed by atoms with Crippen LogP contribution in [0.3, 0.4) is 0 Å². The van der Waals surface area contributed by atoms with E-state index in [2.05, 4.69) is 30.0 Å². The van der Waals surface area contributed by atoms with Gasteiger partial charge in [0.1, 0.15) is 18.5 Å². The van der Waals surface area contributed by atoms with Gasteiger partial charge >= 0.3 is 11.7 Å². The molecule has 3 aromatic heterocycles. The van der Waals surface area contributed by atoms with E-state index in [0.29, 0.717) is 11.9 Å². The molecule has 4 aromatic rings. The van der Waals surface area contributed by atoms with E-state index in [9.17, 15) is 26.3 Å². The number of benzene rings is 1. The lowest BCUT2D eigenvalue weighted by Gasteiger charge is -2.26. The summed E-state index contributed by atoms with van der Waals surface area (Å²) < 4.78 is 81.3. The van der Waals surface area contributed by atoms with E-state index in [1.54, 1.807) is 13.0 Å². The van der Waals surface area contributed by atoms with Crippen LogP contribution in [-0.4, -0.2) is 47.3 Å². The zero-order valence-corrected chi connectivity index (χ0v) is 18.2. The predicted octanol–water partition coefficient (Wildman–Crippen LogP) is 4.83. The maximum atomic E-state index is 13.7. The fourth-order valence-corrected chi connectivity index (χ4v) is 3.89. The minimum absolute atomic E-state index is 0.0174. The van der Waals surface area contributed by atoms with Crippen molar-refractivity contribution in [1.82, 2.24) is 34.7 Å². The number of hydrogen-bond acceptors (Lipinski definition) is 8. The van der Waals surface area contributed by atoms with Gasteiger partial charge in [0.25, 0.3) is 5.95 Å². The van der Waals surface area contributed by atoms with Gasteiger partial charge in [0.2, 0.25) is 0 Å². The van der Waals surface area contributed by atoms with Crippen LogP contribution in [0.5, 0.6) is 0 Å². The summed E-state index contributed by atoms with van der Waals surface area (Å²) in [6, 6.07) is 2.39. The second kappa shape index (κ2) is 8.70. The maximum Gasteiger partial charge on any atom is 0.446 e. The Balaban J connectivity index is 1.83. The van der Waals surface area contributed by atoms with Crippen LogP contribution < -0.4 is 4.90 Å². The van der Waals surface area contributed by atoms with Gasteiger partial charge in [-0.2, -0.15) is 36.1 Å². The zero-order valence-electron chi connectivity index (χ0n) is 17.4. The first-order valence-corrected chi connectivity index (χ1v) is 10.3. The number of nitrogens with zero attached hydrogens (tertiary/aromatic N) is 8. The van der Waals surface area contributed by atoms with Crippen molar-refractivity contribution in [2.24, 2.45) is 0 Å². The standard InChI is InChI=1S/C19H14F6N8S/c1-10(15-30-9-31-33(15)17-26-4-3-5-27-17)32(2)16-12-6-11(34-19(23,24)25)7-13(18(20,21)22)14(12)28-8-29-16/h3-10H,1-2H3/t10-/m0/s1. The van der Waals surface area contributed by atoms with Crippen molar-refractivity contribution in [1.29, 1.82) is 0 Å². The monoisotopic (exact) mass is 500 g/mol. The van der Waals surface area contributed by atoms with Gasteiger partial charge in [-0.3, -0.25) is 0 Å². The third-order valence-electron chi connectivity index (χ3n) is 4.83. The van der Waals surface area contributed by atoms with Crippen molar-refractivity contribution >= 4 is 28.5 Å². The molecule has 0 bridgehead atoms. The summed E-state index contributed by atoms with van der Waals surface area (Å²) in [7, 11) is 1.52. The van der Waals surface area contributed by atoms with E-state index < -0.39 is 45.5 Å². The van der Waals surface area contributed by atoms with Crippen LogP contribution >= 0.6 is 11.8 Å². The molecule has 15 heteroatoms. The van der Waals surface area contributed by atoms with Crippen molar-refractivity contribution in [2.45, 2.75) is 29.5 Å². The molecular weight excluding hydrogens is 486 g/mol. The fourth-order valence-electron chi connectivity index (χ4n) is 3.26. The smallest absolute Gasteiger partial charge is 0.349 e. The summed E-state index contributed by atoms with van der Waals surface area (Å²) in [6.45, 7) is 1.68. The van der Waals surface area contributed by atoms with Crippen LogP contribution in [0, 0.1) is 0 Å².